The molecule has 0 amide bonds. The molecule has 0 unspecified atom stereocenters. The molecule has 1 aromatic carbocycles. The first-order valence-electron chi connectivity index (χ1n) is 5.37. The van der Waals surface area contributed by atoms with Gasteiger partial charge in [-0.05, 0) is 30.2 Å². The molecule has 0 aliphatic heterocycles. The zero-order chi connectivity index (χ0) is 13.1. The van der Waals surface area contributed by atoms with Crippen molar-refractivity contribution in [2.75, 3.05) is 0 Å². The van der Waals surface area contributed by atoms with Crippen molar-refractivity contribution in [1.29, 1.82) is 0 Å². The lowest BCUT2D eigenvalue weighted by atomic mass is 10.1. The fraction of sp³-hybridized carbons (Fsp3) is 0.250. The topological polar surface area (TPSA) is 68.0 Å². The van der Waals surface area contributed by atoms with Crippen molar-refractivity contribution in [3.05, 3.63) is 41.2 Å². The van der Waals surface area contributed by atoms with Crippen molar-refractivity contribution in [3.63, 3.8) is 0 Å². The summed E-state index contributed by atoms with van der Waals surface area (Å²) in [6, 6.07) is 5.17. The maximum Gasteiger partial charge on any atom is 0.335 e. The lowest BCUT2D eigenvalue weighted by Gasteiger charge is -2.06. The second kappa shape index (κ2) is 5.22. The minimum absolute atomic E-state index is 0.319. The lowest BCUT2D eigenvalue weighted by molar-refractivity contribution is 0.0697. The zero-order valence-corrected chi connectivity index (χ0v) is 10.9. The molecule has 0 saturated carbocycles. The summed E-state index contributed by atoms with van der Waals surface area (Å²) in [4.78, 5) is 10.8. The number of aromatic carboxylic acids is 1. The van der Waals surface area contributed by atoms with Crippen molar-refractivity contribution in [2.24, 2.45) is 7.05 Å². The molecule has 0 fully saturated rings. The van der Waals surface area contributed by atoms with Gasteiger partial charge in [-0.25, -0.2) is 4.79 Å². The highest BCUT2D eigenvalue weighted by Crippen LogP contribution is 2.22. The summed E-state index contributed by atoms with van der Waals surface area (Å²) in [5, 5.41) is 17.5. The van der Waals surface area contributed by atoms with Crippen LogP contribution in [-0.2, 0) is 12.8 Å². The summed E-state index contributed by atoms with van der Waals surface area (Å²) < 4.78 is 1.85. The minimum atomic E-state index is -0.898. The largest absolute Gasteiger partial charge is 0.478 e. The first-order chi connectivity index (χ1) is 8.58. The molecule has 5 nitrogen and oxygen atoms in total. The number of thioether (sulfide) groups is 1. The first-order valence-corrected chi connectivity index (χ1v) is 6.36. The van der Waals surface area contributed by atoms with Crippen molar-refractivity contribution < 1.29 is 9.90 Å². The fourth-order valence-corrected chi connectivity index (χ4v) is 2.50. The quantitative estimate of drug-likeness (QED) is 0.856. The van der Waals surface area contributed by atoms with Gasteiger partial charge in [0.15, 0.2) is 5.16 Å². The van der Waals surface area contributed by atoms with Gasteiger partial charge in [0.25, 0.3) is 0 Å². The van der Waals surface area contributed by atoms with Gasteiger partial charge in [-0.1, -0.05) is 17.8 Å². The summed E-state index contributed by atoms with van der Waals surface area (Å²) in [5.74, 6) is -0.149. The monoisotopic (exact) mass is 263 g/mol. The highest BCUT2D eigenvalue weighted by atomic mass is 32.2. The molecule has 1 heterocycles. The average molecular weight is 263 g/mol. The average Bonchev–Trinajstić information content (AvgIpc) is 2.73. The van der Waals surface area contributed by atoms with E-state index in [4.69, 9.17) is 5.11 Å². The molecule has 0 saturated heterocycles. The van der Waals surface area contributed by atoms with Gasteiger partial charge in [0.1, 0.15) is 6.33 Å². The van der Waals surface area contributed by atoms with Gasteiger partial charge in [-0.3, -0.25) is 0 Å². The van der Waals surface area contributed by atoms with Crippen LogP contribution in [0.15, 0.2) is 29.7 Å². The number of aryl methyl sites for hydroxylation is 2. The van der Waals surface area contributed by atoms with Gasteiger partial charge in [0.2, 0.25) is 0 Å². The van der Waals surface area contributed by atoms with Crippen LogP contribution in [0.25, 0.3) is 0 Å². The molecule has 6 heteroatoms. The third-order valence-electron chi connectivity index (χ3n) is 2.62. The standard InChI is InChI=1S/C12H13N3O2S/c1-8-5-9(11(16)17)3-4-10(8)6-18-12-14-13-7-15(12)2/h3-5,7H,6H2,1-2H3,(H,16,17). The number of carboxylic acid groups (broad SMARTS) is 1. The Morgan fingerprint density at radius 3 is 2.83 bits per heavy atom. The molecule has 0 atom stereocenters. The van der Waals surface area contributed by atoms with Crippen LogP contribution in [0.2, 0.25) is 0 Å². The molecule has 94 valence electrons. The van der Waals surface area contributed by atoms with E-state index in [0.717, 1.165) is 22.0 Å². The van der Waals surface area contributed by atoms with E-state index < -0.39 is 5.97 Å². The Bertz CT molecular complexity index is 580. The summed E-state index contributed by atoms with van der Waals surface area (Å²) in [7, 11) is 1.89. The Hall–Kier alpha value is -1.82. The number of benzene rings is 1. The predicted molar refractivity (Wildman–Crippen MR) is 68.7 cm³/mol. The van der Waals surface area contributed by atoms with Gasteiger partial charge in [-0.2, -0.15) is 0 Å². The van der Waals surface area contributed by atoms with Crippen LogP contribution in [-0.4, -0.2) is 25.8 Å². The third-order valence-corrected chi connectivity index (χ3v) is 3.70. The normalized spacial score (nSPS) is 10.6. The van der Waals surface area contributed by atoms with Crippen LogP contribution in [0, 0.1) is 6.92 Å². The van der Waals surface area contributed by atoms with Gasteiger partial charge in [-0.15, -0.1) is 10.2 Å². The molecule has 0 radical (unpaired) electrons. The molecule has 0 aliphatic carbocycles. The van der Waals surface area contributed by atoms with Gasteiger partial charge in [0, 0.05) is 12.8 Å². The minimum Gasteiger partial charge on any atom is -0.478 e. The van der Waals surface area contributed by atoms with E-state index in [1.165, 1.54) is 0 Å². The summed E-state index contributed by atoms with van der Waals surface area (Å²) in [6.45, 7) is 1.92. The molecule has 1 aromatic heterocycles. The Morgan fingerprint density at radius 2 is 2.28 bits per heavy atom. The Kier molecular flexibility index (Phi) is 3.66. The molecule has 0 aliphatic rings. The summed E-state index contributed by atoms with van der Waals surface area (Å²) in [5.41, 5.74) is 2.40. The van der Waals surface area contributed by atoms with E-state index in [-0.39, 0.29) is 0 Å². The van der Waals surface area contributed by atoms with E-state index in [9.17, 15) is 4.79 Å². The van der Waals surface area contributed by atoms with Crippen LogP contribution >= 0.6 is 11.8 Å². The number of carboxylic acids is 1. The molecule has 2 aromatic rings. The second-order valence-electron chi connectivity index (χ2n) is 3.96. The summed E-state index contributed by atoms with van der Waals surface area (Å²) in [6.07, 6.45) is 1.66. The van der Waals surface area contributed by atoms with Gasteiger partial charge >= 0.3 is 5.97 Å². The number of hydrogen-bond donors (Lipinski definition) is 1. The number of carbonyl (C=O) groups is 1. The predicted octanol–water partition coefficient (Wildman–Crippen LogP) is 2.11. The van der Waals surface area contributed by atoms with E-state index in [1.54, 1.807) is 30.2 Å². The van der Waals surface area contributed by atoms with E-state index in [2.05, 4.69) is 10.2 Å². The fourth-order valence-electron chi connectivity index (χ4n) is 1.54. The van der Waals surface area contributed by atoms with Crippen LogP contribution in [0.5, 0.6) is 0 Å². The molecule has 0 bridgehead atoms. The Morgan fingerprint density at radius 1 is 1.50 bits per heavy atom. The van der Waals surface area contributed by atoms with Crippen molar-refractivity contribution in [3.8, 4) is 0 Å². The number of nitrogens with zero attached hydrogens (tertiary/aromatic N) is 3. The van der Waals surface area contributed by atoms with E-state index in [0.29, 0.717) is 5.56 Å². The van der Waals surface area contributed by atoms with E-state index >= 15 is 0 Å². The van der Waals surface area contributed by atoms with Gasteiger partial charge < -0.3 is 9.67 Å². The van der Waals surface area contributed by atoms with Crippen LogP contribution in [0.4, 0.5) is 0 Å². The van der Waals surface area contributed by atoms with Crippen molar-refractivity contribution in [2.45, 2.75) is 17.8 Å². The molecule has 0 spiro atoms. The van der Waals surface area contributed by atoms with Crippen molar-refractivity contribution >= 4 is 17.7 Å². The lowest BCUT2D eigenvalue weighted by Crippen LogP contribution is -1.98. The smallest absolute Gasteiger partial charge is 0.335 e. The summed E-state index contributed by atoms with van der Waals surface area (Å²) >= 11 is 1.58. The molecular weight excluding hydrogens is 250 g/mol. The SMILES string of the molecule is Cc1cc(C(=O)O)ccc1CSc1nncn1C. The van der Waals surface area contributed by atoms with Crippen LogP contribution in [0.3, 0.4) is 0 Å². The number of hydrogen-bond acceptors (Lipinski definition) is 4. The molecule has 1 N–H and O–H groups in total. The van der Waals surface area contributed by atoms with E-state index in [1.807, 2.05) is 24.6 Å². The molecule has 2 rings (SSSR count). The van der Waals surface area contributed by atoms with Crippen LogP contribution in [0.1, 0.15) is 21.5 Å². The van der Waals surface area contributed by atoms with Crippen LogP contribution < -0.4 is 0 Å². The molecule has 18 heavy (non-hydrogen) atoms. The Labute approximate surface area is 109 Å². The first kappa shape index (κ1) is 12.6. The molecular formula is C12H13N3O2S. The maximum absolute atomic E-state index is 10.8. The second-order valence-corrected chi connectivity index (χ2v) is 4.90. The maximum atomic E-state index is 10.8. The number of aromatic nitrogens is 3. The van der Waals surface area contributed by atoms with Gasteiger partial charge in [0.05, 0.1) is 5.56 Å². The Balaban J connectivity index is 2.11. The zero-order valence-electron chi connectivity index (χ0n) is 10.1. The number of rotatable bonds is 4. The third kappa shape index (κ3) is 2.70. The highest BCUT2D eigenvalue weighted by molar-refractivity contribution is 7.98. The highest BCUT2D eigenvalue weighted by Gasteiger charge is 2.07. The van der Waals surface area contributed by atoms with Crippen molar-refractivity contribution in [1.82, 2.24) is 14.8 Å².